The molecule has 6 heteroatoms. The lowest BCUT2D eigenvalue weighted by Crippen LogP contribution is -2.40. The van der Waals surface area contributed by atoms with Gasteiger partial charge in [0.05, 0.1) is 17.2 Å². The predicted molar refractivity (Wildman–Crippen MR) is 56.5 cm³/mol. The van der Waals surface area contributed by atoms with E-state index < -0.39 is 0 Å². The molecule has 0 aliphatic rings. The van der Waals surface area contributed by atoms with E-state index in [0.29, 0.717) is 6.54 Å². The maximum atomic E-state index is 8.50. The number of nitrogens with two attached hydrogens (primary N) is 1. The van der Waals surface area contributed by atoms with Crippen LogP contribution in [0.25, 0.3) is 0 Å². The Kier molecular flexibility index (Phi) is 3.84. The molecule has 1 atom stereocenters. The molecule has 14 heavy (non-hydrogen) atoms. The molecule has 1 heterocycles. The van der Waals surface area contributed by atoms with Crippen molar-refractivity contribution in [2.24, 2.45) is 10.9 Å². The van der Waals surface area contributed by atoms with E-state index >= 15 is 0 Å². The zero-order valence-electron chi connectivity index (χ0n) is 8.21. The molecule has 0 amide bonds. The van der Waals surface area contributed by atoms with Gasteiger partial charge in [-0.25, -0.2) is 4.98 Å². The van der Waals surface area contributed by atoms with Crippen LogP contribution in [0.2, 0.25) is 0 Å². The van der Waals surface area contributed by atoms with E-state index in [2.05, 4.69) is 10.1 Å². The second-order valence-corrected chi connectivity index (χ2v) is 3.81. The number of oxime groups is 1. The minimum Gasteiger partial charge on any atom is -0.409 e. The van der Waals surface area contributed by atoms with Crippen LogP contribution in [0.5, 0.6) is 0 Å². The molecule has 0 aliphatic heterocycles. The van der Waals surface area contributed by atoms with Crippen molar-refractivity contribution in [3.8, 4) is 0 Å². The first-order chi connectivity index (χ1) is 6.65. The van der Waals surface area contributed by atoms with Crippen LogP contribution in [0, 0.1) is 0 Å². The van der Waals surface area contributed by atoms with Crippen molar-refractivity contribution in [2.75, 3.05) is 7.05 Å². The lowest BCUT2D eigenvalue weighted by Gasteiger charge is -2.22. The van der Waals surface area contributed by atoms with Gasteiger partial charge in [0.1, 0.15) is 0 Å². The summed E-state index contributed by atoms with van der Waals surface area (Å²) in [7, 11) is 1.90. The Balaban J connectivity index is 2.54. The summed E-state index contributed by atoms with van der Waals surface area (Å²) < 4.78 is 0. The summed E-state index contributed by atoms with van der Waals surface area (Å²) in [6, 6.07) is -0.0956. The van der Waals surface area contributed by atoms with Crippen molar-refractivity contribution in [3.05, 3.63) is 16.6 Å². The van der Waals surface area contributed by atoms with Crippen LogP contribution < -0.4 is 5.73 Å². The third-order valence-electron chi connectivity index (χ3n) is 2.10. The van der Waals surface area contributed by atoms with Crippen molar-refractivity contribution in [1.82, 2.24) is 9.88 Å². The highest BCUT2D eigenvalue weighted by Crippen LogP contribution is 2.06. The summed E-state index contributed by atoms with van der Waals surface area (Å²) >= 11 is 1.56. The highest BCUT2D eigenvalue weighted by Gasteiger charge is 2.14. The number of thiazole rings is 1. The molecule has 0 fully saturated rings. The molecule has 3 N–H and O–H groups in total. The number of nitrogens with zero attached hydrogens (tertiary/aromatic N) is 3. The topological polar surface area (TPSA) is 74.7 Å². The van der Waals surface area contributed by atoms with E-state index in [0.717, 1.165) is 5.69 Å². The molecule has 1 aromatic rings. The number of hydrogen-bond acceptors (Lipinski definition) is 5. The monoisotopic (exact) mass is 214 g/mol. The zero-order chi connectivity index (χ0) is 10.6. The Morgan fingerprint density at radius 2 is 2.57 bits per heavy atom. The number of hydrogen-bond donors (Lipinski definition) is 2. The Hall–Kier alpha value is -1.14. The smallest absolute Gasteiger partial charge is 0.156 e. The molecular weight excluding hydrogens is 200 g/mol. The summed E-state index contributed by atoms with van der Waals surface area (Å²) in [6.07, 6.45) is 0. The Labute approximate surface area is 86.9 Å². The second kappa shape index (κ2) is 4.92. The first-order valence-electron chi connectivity index (χ1n) is 4.20. The Bertz CT molecular complexity index is 298. The van der Waals surface area contributed by atoms with E-state index in [4.69, 9.17) is 10.9 Å². The fourth-order valence-electron chi connectivity index (χ4n) is 1.02. The van der Waals surface area contributed by atoms with Crippen LogP contribution in [0.4, 0.5) is 0 Å². The van der Waals surface area contributed by atoms with Gasteiger partial charge in [0.15, 0.2) is 5.84 Å². The van der Waals surface area contributed by atoms with Crippen molar-refractivity contribution in [3.63, 3.8) is 0 Å². The van der Waals surface area contributed by atoms with Gasteiger partial charge in [0.25, 0.3) is 0 Å². The summed E-state index contributed by atoms with van der Waals surface area (Å²) in [5.41, 5.74) is 8.27. The van der Waals surface area contributed by atoms with E-state index in [-0.39, 0.29) is 11.9 Å². The van der Waals surface area contributed by atoms with Gasteiger partial charge in [-0.3, -0.25) is 4.90 Å². The molecular formula is C8H14N4OS. The van der Waals surface area contributed by atoms with Crippen LogP contribution in [0.1, 0.15) is 12.6 Å². The molecule has 0 spiro atoms. The van der Waals surface area contributed by atoms with Crippen molar-refractivity contribution in [2.45, 2.75) is 19.5 Å². The lowest BCUT2D eigenvalue weighted by molar-refractivity contribution is 0.277. The second-order valence-electron chi connectivity index (χ2n) is 3.10. The number of likely N-dealkylation sites (N-methyl/N-ethyl adjacent to an activating group) is 1. The molecule has 0 saturated carbocycles. The molecule has 0 radical (unpaired) electrons. The molecule has 0 bridgehead atoms. The SMILES string of the molecule is CC(C(N)=NO)N(C)Cc1cscn1. The zero-order valence-corrected chi connectivity index (χ0v) is 9.03. The largest absolute Gasteiger partial charge is 0.409 e. The van der Waals surface area contributed by atoms with E-state index in [9.17, 15) is 0 Å². The molecule has 1 unspecified atom stereocenters. The quantitative estimate of drug-likeness (QED) is 0.335. The van der Waals surface area contributed by atoms with Crippen LogP contribution in [-0.2, 0) is 6.54 Å². The molecule has 0 saturated heterocycles. The first kappa shape index (κ1) is 10.9. The molecule has 5 nitrogen and oxygen atoms in total. The van der Waals surface area contributed by atoms with Gasteiger partial charge in [-0.2, -0.15) is 0 Å². The normalized spacial score (nSPS) is 14.6. The van der Waals surface area contributed by atoms with Crippen molar-refractivity contribution < 1.29 is 5.21 Å². The van der Waals surface area contributed by atoms with Crippen molar-refractivity contribution in [1.29, 1.82) is 0 Å². The Morgan fingerprint density at radius 3 is 3.07 bits per heavy atom. The van der Waals surface area contributed by atoms with E-state index in [1.807, 2.05) is 24.3 Å². The number of amidine groups is 1. The van der Waals surface area contributed by atoms with Crippen molar-refractivity contribution >= 4 is 17.2 Å². The summed E-state index contributed by atoms with van der Waals surface area (Å²) in [5, 5.41) is 13.5. The van der Waals surface area contributed by atoms with Crippen LogP contribution in [0.15, 0.2) is 16.0 Å². The minimum absolute atomic E-state index is 0.0956. The van der Waals surface area contributed by atoms with Crippen LogP contribution in [-0.4, -0.2) is 34.0 Å². The molecule has 1 aromatic heterocycles. The molecule has 1 rings (SSSR count). The highest BCUT2D eigenvalue weighted by atomic mass is 32.1. The average Bonchev–Trinajstić information content (AvgIpc) is 2.68. The number of rotatable bonds is 4. The van der Waals surface area contributed by atoms with Gasteiger partial charge in [-0.15, -0.1) is 11.3 Å². The van der Waals surface area contributed by atoms with E-state index in [1.165, 1.54) is 0 Å². The van der Waals surface area contributed by atoms with Gasteiger partial charge in [0, 0.05) is 11.9 Å². The fourth-order valence-corrected chi connectivity index (χ4v) is 1.57. The first-order valence-corrected chi connectivity index (χ1v) is 5.14. The van der Waals surface area contributed by atoms with Gasteiger partial charge >= 0.3 is 0 Å². The number of aromatic nitrogens is 1. The van der Waals surface area contributed by atoms with Gasteiger partial charge in [0.2, 0.25) is 0 Å². The third kappa shape index (κ3) is 2.68. The Morgan fingerprint density at radius 1 is 1.86 bits per heavy atom. The van der Waals surface area contributed by atoms with Gasteiger partial charge in [-0.1, -0.05) is 5.16 Å². The van der Waals surface area contributed by atoms with Crippen LogP contribution >= 0.6 is 11.3 Å². The summed E-state index contributed by atoms with van der Waals surface area (Å²) in [6.45, 7) is 2.57. The van der Waals surface area contributed by atoms with Gasteiger partial charge in [-0.05, 0) is 14.0 Å². The molecule has 78 valence electrons. The maximum absolute atomic E-state index is 8.50. The average molecular weight is 214 g/mol. The minimum atomic E-state index is -0.0956. The molecule has 0 aromatic carbocycles. The lowest BCUT2D eigenvalue weighted by atomic mass is 10.2. The third-order valence-corrected chi connectivity index (χ3v) is 2.73. The maximum Gasteiger partial charge on any atom is 0.156 e. The highest BCUT2D eigenvalue weighted by molar-refractivity contribution is 7.07. The molecule has 0 aliphatic carbocycles. The predicted octanol–water partition coefficient (Wildman–Crippen LogP) is 0.710. The van der Waals surface area contributed by atoms with Gasteiger partial charge < -0.3 is 10.9 Å². The summed E-state index contributed by atoms with van der Waals surface area (Å²) in [5.74, 6) is 0.211. The fraction of sp³-hybridized carbons (Fsp3) is 0.500. The summed E-state index contributed by atoms with van der Waals surface area (Å²) in [4.78, 5) is 6.12. The van der Waals surface area contributed by atoms with Crippen LogP contribution in [0.3, 0.4) is 0 Å². The van der Waals surface area contributed by atoms with E-state index in [1.54, 1.807) is 16.8 Å². The standard InChI is InChI=1S/C8H14N4OS/c1-6(8(9)11-13)12(2)3-7-4-14-5-10-7/h4-6,13H,3H2,1-2H3,(H2,9,11).